The molecule has 1 unspecified atom stereocenters. The van der Waals surface area contributed by atoms with Crippen LogP contribution in [0.15, 0.2) is 18.2 Å². The first-order valence-electron chi connectivity index (χ1n) is 6.52. The van der Waals surface area contributed by atoms with Crippen LogP contribution in [0.25, 0.3) is 0 Å². The van der Waals surface area contributed by atoms with Crippen LogP contribution in [0.3, 0.4) is 0 Å². The number of nitrogens with zero attached hydrogens (tertiary/aromatic N) is 1. The highest BCUT2D eigenvalue weighted by atomic mass is 19.1. The summed E-state index contributed by atoms with van der Waals surface area (Å²) in [5.74, 6) is -0.709. The number of urea groups is 1. The van der Waals surface area contributed by atoms with Crippen molar-refractivity contribution in [2.24, 2.45) is 5.73 Å². The van der Waals surface area contributed by atoms with Gasteiger partial charge in [-0.2, -0.15) is 0 Å². The highest BCUT2D eigenvalue weighted by Crippen LogP contribution is 2.23. The average molecular weight is 279 g/mol. The Kier molecular flexibility index (Phi) is 3.76. The number of rotatable bonds is 4. The molecule has 1 aromatic rings. The van der Waals surface area contributed by atoms with Crippen molar-refractivity contribution in [3.05, 3.63) is 35.1 Å². The summed E-state index contributed by atoms with van der Waals surface area (Å²) >= 11 is 0. The summed E-state index contributed by atoms with van der Waals surface area (Å²) in [4.78, 5) is 25.3. The van der Waals surface area contributed by atoms with Crippen LogP contribution in [0.1, 0.15) is 31.4 Å². The highest BCUT2D eigenvalue weighted by molar-refractivity contribution is 6.06. The van der Waals surface area contributed by atoms with E-state index in [9.17, 15) is 14.0 Å². The van der Waals surface area contributed by atoms with Crippen molar-refractivity contribution in [1.29, 1.82) is 0 Å². The molecule has 1 aliphatic heterocycles. The third-order valence-electron chi connectivity index (χ3n) is 3.77. The second-order valence-corrected chi connectivity index (χ2v) is 5.12. The van der Waals surface area contributed by atoms with E-state index >= 15 is 0 Å². The van der Waals surface area contributed by atoms with Crippen molar-refractivity contribution >= 4 is 11.9 Å². The number of carbonyl (C=O) groups is 2. The number of imide groups is 1. The van der Waals surface area contributed by atoms with E-state index in [0.29, 0.717) is 12.0 Å². The first-order valence-corrected chi connectivity index (χ1v) is 6.52. The van der Waals surface area contributed by atoms with Crippen LogP contribution in [0, 0.1) is 5.82 Å². The molecular formula is C14H18FN3O2. The van der Waals surface area contributed by atoms with Gasteiger partial charge < -0.3 is 11.1 Å². The lowest BCUT2D eigenvalue weighted by Gasteiger charge is -2.20. The Morgan fingerprint density at radius 1 is 1.35 bits per heavy atom. The van der Waals surface area contributed by atoms with Crippen LogP contribution in [-0.4, -0.2) is 22.4 Å². The van der Waals surface area contributed by atoms with Crippen molar-refractivity contribution in [3.8, 4) is 0 Å². The van der Waals surface area contributed by atoms with Gasteiger partial charge in [-0.3, -0.25) is 9.69 Å². The molecule has 1 fully saturated rings. The summed E-state index contributed by atoms with van der Waals surface area (Å²) in [5.41, 5.74) is 5.99. The topological polar surface area (TPSA) is 75.4 Å². The molecule has 1 heterocycles. The lowest BCUT2D eigenvalue weighted by atomic mass is 9.99. The molecule has 20 heavy (non-hydrogen) atoms. The fraction of sp³-hybridized carbons (Fsp3) is 0.429. The Bertz CT molecular complexity index is 561. The van der Waals surface area contributed by atoms with Crippen LogP contribution in [0.2, 0.25) is 0 Å². The van der Waals surface area contributed by atoms with Gasteiger partial charge in [0.2, 0.25) is 0 Å². The molecule has 0 aromatic heterocycles. The Labute approximate surface area is 116 Å². The number of carbonyl (C=O) groups excluding carboxylic acids is 2. The highest BCUT2D eigenvalue weighted by Gasteiger charge is 2.46. The minimum absolute atomic E-state index is 0.0323. The van der Waals surface area contributed by atoms with Crippen LogP contribution in [0.4, 0.5) is 9.18 Å². The first-order chi connectivity index (χ1) is 9.41. The number of nitrogens with two attached hydrogens (primary N) is 1. The molecule has 1 atom stereocenters. The second kappa shape index (κ2) is 5.20. The molecule has 1 aromatic carbocycles. The second-order valence-electron chi connectivity index (χ2n) is 5.12. The molecule has 0 radical (unpaired) electrons. The number of benzene rings is 1. The van der Waals surface area contributed by atoms with E-state index < -0.39 is 17.4 Å². The molecule has 3 N–H and O–H groups in total. The summed E-state index contributed by atoms with van der Waals surface area (Å²) in [5, 5.41) is 2.66. The number of hydrogen-bond donors (Lipinski definition) is 2. The summed E-state index contributed by atoms with van der Waals surface area (Å²) < 4.78 is 13.3. The maximum atomic E-state index is 13.3. The van der Waals surface area contributed by atoms with Crippen LogP contribution >= 0.6 is 0 Å². The maximum absolute atomic E-state index is 13.3. The van der Waals surface area contributed by atoms with E-state index in [-0.39, 0.29) is 19.0 Å². The van der Waals surface area contributed by atoms with Crippen molar-refractivity contribution < 1.29 is 14.0 Å². The number of amides is 3. The van der Waals surface area contributed by atoms with E-state index in [0.717, 1.165) is 10.5 Å². The Morgan fingerprint density at radius 3 is 2.60 bits per heavy atom. The molecule has 0 saturated carbocycles. The van der Waals surface area contributed by atoms with Gasteiger partial charge in [0.25, 0.3) is 5.91 Å². The first kappa shape index (κ1) is 14.5. The van der Waals surface area contributed by atoms with Gasteiger partial charge in [0.05, 0.1) is 6.54 Å². The largest absolute Gasteiger partial charge is 0.326 e. The van der Waals surface area contributed by atoms with Gasteiger partial charge >= 0.3 is 6.03 Å². The molecule has 1 aliphatic rings. The molecule has 1 saturated heterocycles. The van der Waals surface area contributed by atoms with Crippen LogP contribution in [-0.2, 0) is 17.9 Å². The van der Waals surface area contributed by atoms with Crippen molar-refractivity contribution in [2.75, 3.05) is 0 Å². The minimum atomic E-state index is -0.882. The minimum Gasteiger partial charge on any atom is -0.326 e. The molecule has 108 valence electrons. The van der Waals surface area contributed by atoms with Gasteiger partial charge in [-0.25, -0.2) is 9.18 Å². The van der Waals surface area contributed by atoms with Gasteiger partial charge in [0.1, 0.15) is 11.4 Å². The van der Waals surface area contributed by atoms with Crippen LogP contribution < -0.4 is 11.1 Å². The predicted molar refractivity (Wildman–Crippen MR) is 72.1 cm³/mol. The maximum Gasteiger partial charge on any atom is 0.325 e. The van der Waals surface area contributed by atoms with Gasteiger partial charge in [-0.1, -0.05) is 13.0 Å². The SMILES string of the molecule is CCC1(C)NC(=O)N(Cc2cc(F)ccc2CN)C1=O. The Hall–Kier alpha value is -1.95. The normalized spacial score (nSPS) is 22.3. The Balaban J connectivity index is 2.29. The zero-order valence-corrected chi connectivity index (χ0v) is 11.6. The molecular weight excluding hydrogens is 261 g/mol. The number of hydrogen-bond acceptors (Lipinski definition) is 3. The van der Waals surface area contributed by atoms with Crippen molar-refractivity contribution in [1.82, 2.24) is 10.2 Å². The van der Waals surface area contributed by atoms with E-state index in [4.69, 9.17) is 5.73 Å². The molecule has 0 spiro atoms. The molecule has 2 rings (SSSR count). The average Bonchev–Trinajstić information content (AvgIpc) is 2.63. The van der Waals surface area contributed by atoms with E-state index in [1.165, 1.54) is 12.1 Å². The zero-order valence-electron chi connectivity index (χ0n) is 11.6. The third-order valence-corrected chi connectivity index (χ3v) is 3.77. The monoisotopic (exact) mass is 279 g/mol. The fourth-order valence-electron chi connectivity index (χ4n) is 2.24. The molecule has 5 nitrogen and oxygen atoms in total. The van der Waals surface area contributed by atoms with E-state index in [2.05, 4.69) is 5.32 Å². The number of nitrogens with one attached hydrogen (secondary N) is 1. The number of halogens is 1. The molecule has 0 aliphatic carbocycles. The quantitative estimate of drug-likeness (QED) is 0.820. The van der Waals surface area contributed by atoms with Crippen LogP contribution in [0.5, 0.6) is 0 Å². The lowest BCUT2D eigenvalue weighted by Crippen LogP contribution is -2.43. The summed E-state index contributed by atoms with van der Waals surface area (Å²) in [6.07, 6.45) is 0.501. The van der Waals surface area contributed by atoms with Crippen molar-refractivity contribution in [3.63, 3.8) is 0 Å². The zero-order chi connectivity index (χ0) is 14.9. The standard InChI is InChI=1S/C14H18FN3O2/c1-3-14(2)12(19)18(13(20)17-14)8-10-6-11(15)5-4-9(10)7-16/h4-6H,3,7-8,16H2,1-2H3,(H,17,20). The molecule has 0 bridgehead atoms. The van der Waals surface area contributed by atoms with Gasteiger partial charge in [0, 0.05) is 6.54 Å². The van der Waals surface area contributed by atoms with E-state index in [1.807, 2.05) is 6.92 Å². The summed E-state index contributed by atoms with van der Waals surface area (Å²) in [7, 11) is 0. The summed E-state index contributed by atoms with van der Waals surface area (Å²) in [6, 6.07) is 3.74. The predicted octanol–water partition coefficient (Wildman–Crippen LogP) is 1.50. The summed E-state index contributed by atoms with van der Waals surface area (Å²) in [6.45, 7) is 3.77. The van der Waals surface area contributed by atoms with Gasteiger partial charge in [0.15, 0.2) is 0 Å². The van der Waals surface area contributed by atoms with Gasteiger partial charge in [-0.05, 0) is 36.6 Å². The van der Waals surface area contributed by atoms with E-state index in [1.54, 1.807) is 13.0 Å². The smallest absolute Gasteiger partial charge is 0.325 e. The van der Waals surface area contributed by atoms with Gasteiger partial charge in [-0.15, -0.1) is 0 Å². The Morgan fingerprint density at radius 2 is 2.05 bits per heavy atom. The van der Waals surface area contributed by atoms with Crippen molar-refractivity contribution in [2.45, 2.75) is 38.9 Å². The lowest BCUT2D eigenvalue weighted by molar-refractivity contribution is -0.131. The molecule has 3 amide bonds. The fourth-order valence-corrected chi connectivity index (χ4v) is 2.24. The molecule has 6 heteroatoms. The third kappa shape index (κ3) is 2.38.